The van der Waals surface area contributed by atoms with Gasteiger partial charge in [-0.2, -0.15) is 0 Å². The van der Waals surface area contributed by atoms with Gasteiger partial charge in [-0.15, -0.1) is 0 Å². The Morgan fingerprint density at radius 1 is 1.07 bits per heavy atom. The number of carbonyl (C=O) groups excluding carboxylic acids is 3. The lowest BCUT2D eigenvalue weighted by Gasteiger charge is -2.08. The molecule has 0 unspecified atom stereocenters. The molecule has 0 saturated heterocycles. The molecule has 0 fully saturated rings. The van der Waals surface area contributed by atoms with E-state index in [1.165, 1.54) is 42.5 Å². The first kappa shape index (κ1) is 20.4. The Morgan fingerprint density at radius 2 is 1.78 bits per heavy atom. The van der Waals surface area contributed by atoms with Crippen LogP contribution < -0.4 is 5.32 Å². The Labute approximate surface area is 160 Å². The van der Waals surface area contributed by atoms with Crippen molar-refractivity contribution in [3.63, 3.8) is 0 Å². The first-order chi connectivity index (χ1) is 12.9. The number of rotatable bonds is 7. The summed E-state index contributed by atoms with van der Waals surface area (Å²) >= 11 is 5.84. The van der Waals surface area contributed by atoms with Crippen molar-refractivity contribution in [3.8, 4) is 0 Å². The van der Waals surface area contributed by atoms with Crippen molar-refractivity contribution < 1.29 is 28.2 Å². The molecule has 6 nitrogen and oxygen atoms in total. The topological polar surface area (TPSA) is 81.7 Å². The third kappa shape index (κ3) is 6.07. The summed E-state index contributed by atoms with van der Waals surface area (Å²) in [6.45, 7) is 1.43. The zero-order valence-electron chi connectivity index (χ0n) is 14.5. The van der Waals surface area contributed by atoms with Crippen LogP contribution in [-0.2, 0) is 25.5 Å². The van der Waals surface area contributed by atoms with Crippen molar-refractivity contribution in [2.75, 3.05) is 18.5 Å². The number of hydrogen-bond acceptors (Lipinski definition) is 5. The van der Waals surface area contributed by atoms with Crippen molar-refractivity contribution in [2.45, 2.75) is 13.3 Å². The predicted molar refractivity (Wildman–Crippen MR) is 97.1 cm³/mol. The maximum Gasteiger partial charge on any atom is 0.338 e. The van der Waals surface area contributed by atoms with Crippen molar-refractivity contribution in [1.82, 2.24) is 0 Å². The van der Waals surface area contributed by atoms with Gasteiger partial charge in [-0.25, -0.2) is 9.18 Å². The molecular formula is C19H17ClFNO5. The van der Waals surface area contributed by atoms with Gasteiger partial charge in [0.1, 0.15) is 5.82 Å². The highest BCUT2D eigenvalue weighted by molar-refractivity contribution is 6.31. The second kappa shape index (κ2) is 9.68. The van der Waals surface area contributed by atoms with E-state index >= 15 is 0 Å². The zero-order chi connectivity index (χ0) is 19.8. The highest BCUT2D eigenvalue weighted by atomic mass is 35.5. The van der Waals surface area contributed by atoms with Crippen LogP contribution in [0.25, 0.3) is 0 Å². The van der Waals surface area contributed by atoms with Crippen LogP contribution in [0.2, 0.25) is 5.02 Å². The maximum atomic E-state index is 13.6. The summed E-state index contributed by atoms with van der Waals surface area (Å²) in [5.74, 6) is -2.44. The summed E-state index contributed by atoms with van der Waals surface area (Å²) in [5.41, 5.74) is 0.781. The van der Waals surface area contributed by atoms with E-state index in [1.807, 2.05) is 0 Å². The molecule has 142 valence electrons. The second-order valence-corrected chi connectivity index (χ2v) is 5.79. The SMILES string of the molecule is CCOC(=O)c1ccc(NC(=O)COC(=O)Cc2c(F)cccc2Cl)cc1. The Morgan fingerprint density at radius 3 is 2.41 bits per heavy atom. The van der Waals surface area contributed by atoms with E-state index in [0.717, 1.165) is 0 Å². The van der Waals surface area contributed by atoms with Gasteiger partial charge in [-0.1, -0.05) is 17.7 Å². The van der Waals surface area contributed by atoms with Gasteiger partial charge in [0.25, 0.3) is 5.91 Å². The maximum absolute atomic E-state index is 13.6. The van der Waals surface area contributed by atoms with Crippen LogP contribution in [-0.4, -0.2) is 31.1 Å². The average Bonchev–Trinajstić information content (AvgIpc) is 2.64. The lowest BCUT2D eigenvalue weighted by atomic mass is 10.1. The predicted octanol–water partition coefficient (Wildman–Crippen LogP) is 3.38. The fraction of sp³-hybridized carbons (Fsp3) is 0.211. The molecule has 2 aromatic carbocycles. The van der Waals surface area contributed by atoms with Crippen LogP contribution in [0.5, 0.6) is 0 Å². The summed E-state index contributed by atoms with van der Waals surface area (Å²) in [6.07, 6.45) is -0.382. The third-order valence-electron chi connectivity index (χ3n) is 3.43. The Balaban J connectivity index is 1.83. The number of esters is 2. The van der Waals surface area contributed by atoms with Gasteiger partial charge in [0.15, 0.2) is 6.61 Å². The highest BCUT2D eigenvalue weighted by Gasteiger charge is 2.14. The normalized spacial score (nSPS) is 10.2. The van der Waals surface area contributed by atoms with Crippen LogP contribution in [0.4, 0.5) is 10.1 Å². The number of ether oxygens (including phenoxy) is 2. The number of halogens is 2. The molecule has 0 heterocycles. The number of benzene rings is 2. The van der Waals surface area contributed by atoms with Crippen LogP contribution in [0.3, 0.4) is 0 Å². The van der Waals surface area contributed by atoms with E-state index in [2.05, 4.69) is 5.32 Å². The van der Waals surface area contributed by atoms with Gasteiger partial charge in [-0.05, 0) is 43.3 Å². The van der Waals surface area contributed by atoms with E-state index in [4.69, 9.17) is 21.1 Å². The average molecular weight is 394 g/mol. The molecule has 27 heavy (non-hydrogen) atoms. The molecule has 2 rings (SSSR count). The molecule has 1 N–H and O–H groups in total. The number of hydrogen-bond donors (Lipinski definition) is 1. The molecule has 0 aromatic heterocycles. The Kier molecular flexibility index (Phi) is 7.31. The molecule has 2 aromatic rings. The van der Waals surface area contributed by atoms with E-state index in [1.54, 1.807) is 6.92 Å². The van der Waals surface area contributed by atoms with Crippen molar-refractivity contribution in [2.24, 2.45) is 0 Å². The van der Waals surface area contributed by atoms with Crippen LogP contribution in [0.15, 0.2) is 42.5 Å². The van der Waals surface area contributed by atoms with Gasteiger partial charge < -0.3 is 14.8 Å². The lowest BCUT2D eigenvalue weighted by molar-refractivity contribution is -0.146. The molecule has 0 bridgehead atoms. The quantitative estimate of drug-likeness (QED) is 0.729. The van der Waals surface area contributed by atoms with E-state index in [0.29, 0.717) is 11.3 Å². The highest BCUT2D eigenvalue weighted by Crippen LogP contribution is 2.19. The molecule has 0 aliphatic carbocycles. The number of carbonyl (C=O) groups is 3. The van der Waals surface area contributed by atoms with Crippen molar-refractivity contribution in [1.29, 1.82) is 0 Å². The van der Waals surface area contributed by atoms with Gasteiger partial charge in [-0.3, -0.25) is 9.59 Å². The zero-order valence-corrected chi connectivity index (χ0v) is 15.2. The second-order valence-electron chi connectivity index (χ2n) is 5.38. The number of amides is 1. The standard InChI is InChI=1S/C19H17ClFNO5/c1-2-26-19(25)12-6-8-13(9-7-12)22-17(23)11-27-18(24)10-14-15(20)4-3-5-16(14)21/h3-9H,2,10-11H2,1H3,(H,22,23). The largest absolute Gasteiger partial charge is 0.462 e. The van der Waals surface area contributed by atoms with Gasteiger partial charge in [0.05, 0.1) is 18.6 Å². The molecule has 0 atom stereocenters. The van der Waals surface area contributed by atoms with Crippen molar-refractivity contribution in [3.05, 3.63) is 64.4 Å². The Hall–Kier alpha value is -2.93. The first-order valence-electron chi connectivity index (χ1n) is 8.06. The van der Waals surface area contributed by atoms with Gasteiger partial charge in [0, 0.05) is 16.3 Å². The monoisotopic (exact) mass is 393 g/mol. The minimum absolute atomic E-state index is 0.0131. The molecule has 0 saturated carbocycles. The minimum atomic E-state index is -0.783. The summed E-state index contributed by atoms with van der Waals surface area (Å²) < 4.78 is 23.3. The van der Waals surface area contributed by atoms with E-state index in [9.17, 15) is 18.8 Å². The summed E-state index contributed by atoms with van der Waals surface area (Å²) in [7, 11) is 0. The van der Waals surface area contributed by atoms with Crippen LogP contribution >= 0.6 is 11.6 Å². The number of nitrogens with one attached hydrogen (secondary N) is 1. The molecular weight excluding hydrogens is 377 g/mol. The number of anilines is 1. The van der Waals surface area contributed by atoms with Crippen LogP contribution in [0.1, 0.15) is 22.8 Å². The fourth-order valence-electron chi connectivity index (χ4n) is 2.14. The summed E-state index contributed by atoms with van der Waals surface area (Å²) in [5, 5.41) is 2.62. The van der Waals surface area contributed by atoms with Gasteiger partial charge in [0.2, 0.25) is 0 Å². The van der Waals surface area contributed by atoms with E-state index < -0.39 is 30.3 Å². The molecule has 0 radical (unpaired) electrons. The fourth-order valence-corrected chi connectivity index (χ4v) is 2.37. The smallest absolute Gasteiger partial charge is 0.338 e. The van der Waals surface area contributed by atoms with E-state index in [-0.39, 0.29) is 23.6 Å². The summed E-state index contributed by atoms with van der Waals surface area (Å²) in [6, 6.07) is 10.1. The summed E-state index contributed by atoms with van der Waals surface area (Å²) in [4.78, 5) is 35.2. The first-order valence-corrected chi connectivity index (χ1v) is 8.44. The Bertz CT molecular complexity index is 818. The third-order valence-corrected chi connectivity index (χ3v) is 3.78. The van der Waals surface area contributed by atoms with Crippen molar-refractivity contribution >= 4 is 35.1 Å². The molecule has 0 aliphatic heterocycles. The molecule has 8 heteroatoms. The van der Waals surface area contributed by atoms with Gasteiger partial charge >= 0.3 is 11.9 Å². The lowest BCUT2D eigenvalue weighted by Crippen LogP contribution is -2.22. The molecule has 0 spiro atoms. The minimum Gasteiger partial charge on any atom is -0.462 e. The molecule has 0 aliphatic rings. The molecule has 1 amide bonds. The van der Waals surface area contributed by atoms with Crippen LogP contribution in [0, 0.1) is 5.82 Å².